The number of nitrogens with zero attached hydrogens (tertiary/aromatic N) is 3. The van der Waals surface area contributed by atoms with Gasteiger partial charge in [-0.15, -0.1) is 0 Å². The van der Waals surface area contributed by atoms with E-state index < -0.39 is 5.97 Å². The SMILES string of the molecule is CCOC(=O)c1c(N2CCN(c3ccccc3F)CC2)c2ccccc2n(C)c1=O. The van der Waals surface area contributed by atoms with Gasteiger partial charge in [-0.2, -0.15) is 0 Å². The van der Waals surface area contributed by atoms with E-state index in [1.54, 1.807) is 26.1 Å². The van der Waals surface area contributed by atoms with Gasteiger partial charge in [0.1, 0.15) is 11.4 Å². The maximum absolute atomic E-state index is 14.2. The van der Waals surface area contributed by atoms with Gasteiger partial charge in [0.15, 0.2) is 0 Å². The topological polar surface area (TPSA) is 54.8 Å². The summed E-state index contributed by atoms with van der Waals surface area (Å²) in [6, 6.07) is 14.2. The van der Waals surface area contributed by atoms with E-state index in [-0.39, 0.29) is 23.5 Å². The minimum absolute atomic E-state index is 0.0531. The number of hydrogen-bond acceptors (Lipinski definition) is 5. The fourth-order valence-corrected chi connectivity index (χ4v) is 4.07. The van der Waals surface area contributed by atoms with Gasteiger partial charge < -0.3 is 19.1 Å². The Bertz CT molecular complexity index is 1150. The predicted octanol–water partition coefficient (Wildman–Crippen LogP) is 3.18. The number of pyridine rings is 1. The lowest BCUT2D eigenvalue weighted by Crippen LogP contribution is -2.48. The van der Waals surface area contributed by atoms with E-state index in [4.69, 9.17) is 4.74 Å². The van der Waals surface area contributed by atoms with Gasteiger partial charge in [-0.1, -0.05) is 30.3 Å². The molecule has 0 radical (unpaired) electrons. The second-order valence-electron chi connectivity index (χ2n) is 7.25. The first-order valence-corrected chi connectivity index (χ1v) is 10.1. The van der Waals surface area contributed by atoms with Crippen LogP contribution in [0, 0.1) is 5.82 Å². The molecular formula is C23H24FN3O3. The average molecular weight is 409 g/mol. The van der Waals surface area contributed by atoms with Crippen molar-refractivity contribution in [1.82, 2.24) is 4.57 Å². The lowest BCUT2D eigenvalue weighted by Gasteiger charge is -2.38. The molecule has 0 N–H and O–H groups in total. The van der Waals surface area contributed by atoms with E-state index in [1.165, 1.54) is 10.6 Å². The zero-order chi connectivity index (χ0) is 21.3. The Morgan fingerprint density at radius 1 is 1.00 bits per heavy atom. The molecule has 2 aromatic carbocycles. The Balaban J connectivity index is 1.76. The Hall–Kier alpha value is -3.35. The van der Waals surface area contributed by atoms with Crippen LogP contribution in [0.1, 0.15) is 17.3 Å². The van der Waals surface area contributed by atoms with E-state index >= 15 is 0 Å². The third-order valence-electron chi connectivity index (χ3n) is 5.54. The summed E-state index contributed by atoms with van der Waals surface area (Å²) in [6.07, 6.45) is 0. The minimum atomic E-state index is -0.615. The molecule has 0 atom stereocenters. The number of benzene rings is 2. The smallest absolute Gasteiger partial charge is 0.345 e. The monoisotopic (exact) mass is 409 g/mol. The van der Waals surface area contributed by atoms with Crippen LogP contribution in [0.5, 0.6) is 0 Å². The maximum Gasteiger partial charge on any atom is 0.345 e. The molecule has 3 aromatic rings. The zero-order valence-electron chi connectivity index (χ0n) is 17.1. The van der Waals surface area contributed by atoms with Gasteiger partial charge >= 0.3 is 5.97 Å². The molecule has 30 heavy (non-hydrogen) atoms. The van der Waals surface area contributed by atoms with Crippen molar-refractivity contribution in [2.24, 2.45) is 7.05 Å². The fourth-order valence-electron chi connectivity index (χ4n) is 4.07. The van der Waals surface area contributed by atoms with Crippen molar-refractivity contribution >= 4 is 28.2 Å². The van der Waals surface area contributed by atoms with Crippen LogP contribution in [0.15, 0.2) is 53.3 Å². The highest BCUT2D eigenvalue weighted by Crippen LogP contribution is 2.31. The highest BCUT2D eigenvalue weighted by molar-refractivity contribution is 6.05. The van der Waals surface area contributed by atoms with Crippen LogP contribution in [0.3, 0.4) is 0 Å². The first kappa shape index (κ1) is 19.9. The molecule has 2 heterocycles. The first-order valence-electron chi connectivity index (χ1n) is 10.1. The van der Waals surface area contributed by atoms with Crippen molar-refractivity contribution in [2.75, 3.05) is 42.6 Å². The molecule has 0 bridgehead atoms. The van der Waals surface area contributed by atoms with Crippen LogP contribution < -0.4 is 15.4 Å². The first-order chi connectivity index (χ1) is 14.5. The summed E-state index contributed by atoms with van der Waals surface area (Å²) in [6.45, 7) is 4.17. The molecule has 1 aliphatic heterocycles. The fraction of sp³-hybridized carbons (Fsp3) is 0.304. The average Bonchev–Trinajstić information content (AvgIpc) is 2.77. The van der Waals surface area contributed by atoms with Crippen molar-refractivity contribution in [1.29, 1.82) is 0 Å². The number of piperazine rings is 1. The Morgan fingerprint density at radius 2 is 1.63 bits per heavy atom. The third-order valence-corrected chi connectivity index (χ3v) is 5.54. The van der Waals surface area contributed by atoms with E-state index in [0.717, 1.165) is 10.9 Å². The molecule has 156 valence electrons. The van der Waals surface area contributed by atoms with Gasteiger partial charge in [0.05, 0.1) is 23.5 Å². The van der Waals surface area contributed by atoms with E-state index in [2.05, 4.69) is 0 Å². The maximum atomic E-state index is 14.2. The second kappa shape index (κ2) is 8.18. The van der Waals surface area contributed by atoms with E-state index in [1.807, 2.05) is 40.1 Å². The van der Waals surface area contributed by atoms with Crippen LogP contribution in [-0.4, -0.2) is 43.3 Å². The number of hydrogen-bond donors (Lipinski definition) is 0. The van der Waals surface area contributed by atoms with Crippen molar-refractivity contribution < 1.29 is 13.9 Å². The van der Waals surface area contributed by atoms with Crippen LogP contribution in [0.4, 0.5) is 15.8 Å². The molecule has 6 nitrogen and oxygen atoms in total. The second-order valence-corrected chi connectivity index (χ2v) is 7.25. The van der Waals surface area contributed by atoms with Gasteiger partial charge in [0.2, 0.25) is 0 Å². The summed E-state index contributed by atoms with van der Waals surface area (Å²) >= 11 is 0. The van der Waals surface area contributed by atoms with Gasteiger partial charge in [-0.05, 0) is 25.1 Å². The molecule has 0 amide bonds. The van der Waals surface area contributed by atoms with Gasteiger partial charge in [-0.25, -0.2) is 9.18 Å². The quantitative estimate of drug-likeness (QED) is 0.620. The molecule has 0 aliphatic carbocycles. The molecule has 0 spiro atoms. The standard InChI is InChI=1S/C23H24FN3O3/c1-3-30-23(29)20-21(16-8-4-6-10-18(16)25(2)22(20)28)27-14-12-26(13-15-27)19-11-7-5-9-17(19)24/h4-11H,3,12-15H2,1-2H3. The Kier molecular flexibility index (Phi) is 5.44. The molecule has 4 rings (SSSR count). The third kappa shape index (κ3) is 3.40. The number of esters is 1. The normalized spacial score (nSPS) is 14.2. The number of para-hydroxylation sites is 2. The molecule has 0 unspecified atom stereocenters. The summed E-state index contributed by atoms with van der Waals surface area (Å²) in [5.41, 5.74) is 1.59. The highest BCUT2D eigenvalue weighted by atomic mass is 19.1. The largest absolute Gasteiger partial charge is 0.462 e. The zero-order valence-corrected chi connectivity index (χ0v) is 17.1. The van der Waals surface area contributed by atoms with Crippen molar-refractivity contribution in [3.8, 4) is 0 Å². The van der Waals surface area contributed by atoms with Crippen LogP contribution in [-0.2, 0) is 11.8 Å². The number of carbonyl (C=O) groups is 1. The summed E-state index contributed by atoms with van der Waals surface area (Å²) < 4.78 is 20.9. The molecule has 0 saturated carbocycles. The Morgan fingerprint density at radius 3 is 2.33 bits per heavy atom. The number of anilines is 2. The van der Waals surface area contributed by atoms with Gasteiger partial charge in [0, 0.05) is 38.6 Å². The van der Waals surface area contributed by atoms with Gasteiger partial charge in [-0.3, -0.25) is 4.79 Å². The summed E-state index contributed by atoms with van der Waals surface area (Å²) in [7, 11) is 1.66. The highest BCUT2D eigenvalue weighted by Gasteiger charge is 2.28. The summed E-state index contributed by atoms with van der Waals surface area (Å²) in [5.74, 6) is -0.868. The lowest BCUT2D eigenvalue weighted by molar-refractivity contribution is 0.0524. The molecule has 1 fully saturated rings. The number of rotatable bonds is 4. The predicted molar refractivity (Wildman–Crippen MR) is 116 cm³/mol. The number of fused-ring (bicyclic) bond motifs is 1. The van der Waals surface area contributed by atoms with Crippen LogP contribution in [0.2, 0.25) is 0 Å². The molecule has 7 heteroatoms. The van der Waals surface area contributed by atoms with Crippen LogP contribution >= 0.6 is 0 Å². The summed E-state index contributed by atoms with van der Waals surface area (Å²) in [4.78, 5) is 29.8. The van der Waals surface area contributed by atoms with Crippen LogP contribution in [0.25, 0.3) is 10.9 Å². The minimum Gasteiger partial charge on any atom is -0.462 e. The number of ether oxygens (including phenoxy) is 1. The van der Waals surface area contributed by atoms with Gasteiger partial charge in [0.25, 0.3) is 5.56 Å². The lowest BCUT2D eigenvalue weighted by atomic mass is 10.1. The number of carbonyl (C=O) groups excluding carboxylic acids is 1. The molecule has 1 saturated heterocycles. The summed E-state index contributed by atoms with van der Waals surface area (Å²) in [5, 5.41) is 0.821. The van der Waals surface area contributed by atoms with Crippen molar-refractivity contribution in [2.45, 2.75) is 6.92 Å². The number of halogens is 1. The van der Waals surface area contributed by atoms with E-state index in [0.29, 0.717) is 37.6 Å². The molecular weight excluding hydrogens is 385 g/mol. The number of aromatic nitrogens is 1. The van der Waals surface area contributed by atoms with Crippen molar-refractivity contribution in [3.05, 3.63) is 70.3 Å². The molecule has 1 aliphatic rings. The molecule has 1 aromatic heterocycles. The van der Waals surface area contributed by atoms with Crippen molar-refractivity contribution in [3.63, 3.8) is 0 Å². The Labute approximate surface area is 174 Å². The number of aryl methyl sites for hydroxylation is 1. The van der Waals surface area contributed by atoms with E-state index in [9.17, 15) is 14.0 Å².